The number of aliphatic carboxylic acids is 4. The van der Waals surface area contributed by atoms with Gasteiger partial charge in [0.2, 0.25) is 0 Å². The minimum Gasteiger partial charge on any atom is -0.508 e. The molecule has 1 atom stereocenters. The molecule has 0 aliphatic heterocycles. The molecule has 0 amide bonds. The van der Waals surface area contributed by atoms with Crippen LogP contribution >= 0.6 is 45.3 Å². The van der Waals surface area contributed by atoms with E-state index < -0.39 is 54.8 Å². The van der Waals surface area contributed by atoms with Crippen molar-refractivity contribution in [2.45, 2.75) is 33.5 Å². The van der Waals surface area contributed by atoms with Crippen LogP contribution in [0.25, 0.3) is 106 Å². The number of thiophene rings is 4. The molecule has 0 spiro atoms. The van der Waals surface area contributed by atoms with Crippen LogP contribution in [0.5, 0.6) is 69.0 Å². The van der Waals surface area contributed by atoms with Crippen molar-refractivity contribution in [1.29, 1.82) is 0 Å². The third-order valence-corrected chi connectivity index (χ3v) is 22.0. The fourth-order valence-electron chi connectivity index (χ4n) is 11.9. The second kappa shape index (κ2) is 37.1. The first-order chi connectivity index (χ1) is 61.8. The minimum atomic E-state index is -2.56. The maximum atomic E-state index is 10.8. The van der Waals surface area contributed by atoms with E-state index in [0.717, 1.165) is 83.1 Å². The van der Waals surface area contributed by atoms with Gasteiger partial charge in [0, 0.05) is 70.1 Å². The van der Waals surface area contributed by atoms with Crippen LogP contribution in [0.15, 0.2) is 297 Å². The number of benzene rings is 12. The summed E-state index contributed by atoms with van der Waals surface area (Å²) in [6, 6.07) is 59.1. The van der Waals surface area contributed by atoms with Gasteiger partial charge in [0.25, 0.3) is 0 Å². The Bertz CT molecular complexity index is 6920. The van der Waals surface area contributed by atoms with E-state index in [1.54, 1.807) is 164 Å². The van der Waals surface area contributed by atoms with Gasteiger partial charge >= 0.3 is 23.9 Å². The van der Waals surface area contributed by atoms with Crippen LogP contribution in [-0.4, -0.2) is 64.7 Å². The average molecular weight is 1640 g/mol. The van der Waals surface area contributed by atoms with Crippen molar-refractivity contribution >= 4 is 134 Å². The van der Waals surface area contributed by atoms with E-state index in [4.69, 9.17) is 57.2 Å². The normalized spacial score (nSPS) is 13.4. The van der Waals surface area contributed by atoms with Crippen LogP contribution in [0.4, 0.5) is 0 Å². The topological polar surface area (TPSA) is 267 Å². The van der Waals surface area contributed by atoms with E-state index in [2.05, 4.69) is 19.1 Å². The highest BCUT2D eigenvalue weighted by molar-refractivity contribution is 7.24. The molecule has 582 valence electrons. The molecule has 0 saturated heterocycles. The Labute approximate surface area is 707 Å². The second-order valence-electron chi connectivity index (χ2n) is 25.6. The number of carboxylic acids is 4. The van der Waals surface area contributed by atoms with Gasteiger partial charge in [-0.2, -0.15) is 0 Å². The molecular formula is C97H74O16S4. The van der Waals surface area contributed by atoms with Crippen LogP contribution in [0, 0.1) is 13.8 Å². The molecule has 0 bridgehead atoms. The Morgan fingerprint density at radius 3 is 1.03 bits per heavy atom. The van der Waals surface area contributed by atoms with E-state index in [-0.39, 0.29) is 64.8 Å². The zero-order valence-electron chi connectivity index (χ0n) is 74.9. The fourth-order valence-corrected chi connectivity index (χ4v) is 16.7. The highest BCUT2D eigenvalue weighted by Crippen LogP contribution is 2.53. The molecular weight excluding hydrogens is 1550 g/mol. The predicted molar refractivity (Wildman–Crippen MR) is 472 cm³/mol. The van der Waals surface area contributed by atoms with Gasteiger partial charge in [0.15, 0.2) is 23.0 Å². The van der Waals surface area contributed by atoms with Crippen molar-refractivity contribution in [3.63, 3.8) is 0 Å². The molecule has 0 fully saturated rings. The number of hydrogen-bond acceptors (Lipinski definition) is 16. The summed E-state index contributed by atoms with van der Waals surface area (Å²) in [5, 5.41) is 77.8. The SMILES string of the molecule is Cc1ccccc1-c1sc2cc(O)ccc2c1Oc1ccc(/C=C/C(=O)O)cc1.[2H]C([2H])([2H])C([2H])(C)c1ccccc1-c1sc2cc(O)ccc2c1Oc1ccc(/C=C/C(=O)O)cc1.[2H]c1c([2H])c([2H])c(-c2sc3cc(O)ccc3c2Oc2ccc(/C=C/C(=O)O)cc2)c(C)c1[2H].[2H]c1c([2H])c([2H])c(-c2sc3cc(O)ccc3c2Oc2ccc(/C=C/C(=O)O)cc2)c([2H])c1[2H]. The maximum absolute atomic E-state index is 10.8. The van der Waals surface area contributed by atoms with Gasteiger partial charge in [-0.25, -0.2) is 19.2 Å². The number of phenols is 4. The molecule has 20 heteroatoms. The largest absolute Gasteiger partial charge is 0.508 e. The van der Waals surface area contributed by atoms with Crippen molar-refractivity contribution in [3.8, 4) is 111 Å². The third-order valence-electron chi connectivity index (χ3n) is 17.4. The molecule has 16 rings (SSSR count). The molecule has 0 radical (unpaired) electrons. The van der Waals surface area contributed by atoms with E-state index >= 15 is 0 Å². The lowest BCUT2D eigenvalue weighted by Crippen LogP contribution is -1.92. The summed E-state index contributed by atoms with van der Waals surface area (Å²) in [6.07, 6.45) is 10.1. The van der Waals surface area contributed by atoms with Gasteiger partial charge < -0.3 is 59.8 Å². The predicted octanol–water partition coefficient (Wildman–Crippen LogP) is 26.4. The van der Waals surface area contributed by atoms with E-state index in [0.29, 0.717) is 114 Å². The zero-order valence-corrected chi connectivity index (χ0v) is 65.1. The Hall–Kier alpha value is -14.3. The summed E-state index contributed by atoms with van der Waals surface area (Å²) < 4.78 is 134. The summed E-state index contributed by atoms with van der Waals surface area (Å²) in [4.78, 5) is 45.3. The summed E-state index contributed by atoms with van der Waals surface area (Å²) >= 11 is 5.33. The van der Waals surface area contributed by atoms with Crippen LogP contribution < -0.4 is 18.9 Å². The third kappa shape index (κ3) is 20.4. The number of fused-ring (bicyclic) bond motifs is 4. The lowest BCUT2D eigenvalue weighted by Gasteiger charge is -2.14. The van der Waals surface area contributed by atoms with Crippen LogP contribution in [0.3, 0.4) is 0 Å². The molecule has 1 unspecified atom stereocenters. The van der Waals surface area contributed by atoms with Gasteiger partial charge in [-0.1, -0.05) is 165 Å². The summed E-state index contributed by atoms with van der Waals surface area (Å²) in [5.41, 5.74) is 6.69. The Balaban J connectivity index is 0.000000148. The molecule has 117 heavy (non-hydrogen) atoms. The number of carbonyl (C=O) groups is 4. The van der Waals surface area contributed by atoms with Crippen molar-refractivity contribution in [1.82, 2.24) is 0 Å². The second-order valence-corrected chi connectivity index (χ2v) is 29.8. The Morgan fingerprint density at radius 1 is 0.359 bits per heavy atom. The zero-order chi connectivity index (χ0) is 93.5. The van der Waals surface area contributed by atoms with E-state index in [1.807, 2.05) is 42.5 Å². The summed E-state index contributed by atoms with van der Waals surface area (Å²) in [6.45, 7) is 2.52. The maximum Gasteiger partial charge on any atom is 0.328 e. The van der Waals surface area contributed by atoms with Crippen LogP contribution in [0.2, 0.25) is 0 Å². The number of aryl methyl sites for hydroxylation is 1. The first kappa shape index (κ1) is 65.2. The lowest BCUT2D eigenvalue weighted by molar-refractivity contribution is -0.132. The Kier molecular flexibility index (Phi) is 20.7. The molecule has 0 aliphatic carbocycles. The highest BCUT2D eigenvalue weighted by atomic mass is 32.1. The average Bonchev–Trinajstić information content (AvgIpc) is 1.60. The number of aromatic hydroxyl groups is 4. The van der Waals surface area contributed by atoms with E-state index in [1.165, 1.54) is 72.1 Å². The number of carboxylic acid groups (broad SMARTS) is 4. The molecule has 16 aromatic rings. The molecule has 4 aromatic heterocycles. The minimum absolute atomic E-state index is 0.0118. The van der Waals surface area contributed by atoms with E-state index in [9.17, 15) is 39.6 Å². The highest BCUT2D eigenvalue weighted by Gasteiger charge is 2.24. The van der Waals surface area contributed by atoms with Gasteiger partial charge in [-0.05, 0) is 227 Å². The van der Waals surface area contributed by atoms with Crippen molar-refractivity contribution in [3.05, 3.63) is 336 Å². The molecule has 16 nitrogen and oxygen atoms in total. The van der Waals surface area contributed by atoms with Crippen molar-refractivity contribution in [2.24, 2.45) is 0 Å². The standard InChI is InChI=1S/C26H22O4S.2C24H18O4S.C23H16O4S/c1-16(2)20-5-3-4-6-21(20)26-25(22-13-10-18(27)15-23(22)31-26)30-19-11-7-17(8-12-19)9-14-24(28)29;2*1-15-4-2-3-5-19(15)24-23(20-12-9-17(25)14-21(20)29-24)28-18-10-6-16(7-11-18)8-13-22(26)27;24-17-9-12-19-20(14-17)28-23(16-4-2-1-3-5-16)22(19)27-18-10-6-15(7-11-18)8-13-21(25)26/h3-16,27H,1-2H3,(H,28,29);2*2-14,25H,1H3,(H,26,27);1-14,24H,(H,25,26)/b14-9+;3*13-8+/i1D3,16D;2D,3D,4D,5D;;1D,2D,3D,4D,5D. The molecule has 12 aromatic carbocycles. The number of rotatable bonds is 21. The lowest BCUT2D eigenvalue weighted by atomic mass is 9.96. The number of phenolic OH excluding ortho intramolecular Hbond substituents is 4. The van der Waals surface area contributed by atoms with Gasteiger partial charge in [-0.3, -0.25) is 0 Å². The Morgan fingerprint density at radius 2 is 0.667 bits per heavy atom. The first-order valence-corrected chi connectivity index (χ1v) is 38.7. The quantitative estimate of drug-likeness (QED) is 0.0311. The molecule has 0 saturated carbocycles. The van der Waals surface area contributed by atoms with Crippen LogP contribution in [-0.2, 0) is 19.2 Å². The molecule has 8 N–H and O–H groups in total. The first-order valence-electron chi connectivity index (χ1n) is 41.9. The van der Waals surface area contributed by atoms with Crippen LogP contribution in [0.1, 0.15) is 76.4 Å². The summed E-state index contributed by atoms with van der Waals surface area (Å²) in [5.74, 6) is -1.64. The van der Waals surface area contributed by atoms with Gasteiger partial charge in [-0.15, -0.1) is 45.3 Å². The monoisotopic (exact) mass is 1640 g/mol. The van der Waals surface area contributed by atoms with Crippen molar-refractivity contribution < 1.29 is 96.8 Å². The summed E-state index contributed by atoms with van der Waals surface area (Å²) in [7, 11) is 0. The number of ether oxygens (including phenoxy) is 4. The van der Waals surface area contributed by atoms with Gasteiger partial charge in [0.1, 0.15) is 46.0 Å². The number of hydrogen-bond donors (Lipinski definition) is 8. The smallest absolute Gasteiger partial charge is 0.328 e. The fraction of sp³-hybridized carbons (Fsp3) is 0.0515. The molecule has 0 aliphatic rings. The molecule has 4 heterocycles. The van der Waals surface area contributed by atoms with Gasteiger partial charge in [0.05, 0.1) is 31.8 Å². The van der Waals surface area contributed by atoms with Crippen molar-refractivity contribution in [2.75, 3.05) is 0 Å².